The zero-order valence-electron chi connectivity index (χ0n) is 9.28. The summed E-state index contributed by atoms with van der Waals surface area (Å²) in [5, 5.41) is 0. The predicted octanol–water partition coefficient (Wildman–Crippen LogP) is 2.16. The van der Waals surface area contributed by atoms with Crippen LogP contribution in [0.3, 0.4) is 0 Å². The Morgan fingerprint density at radius 3 is 1.40 bits per heavy atom. The van der Waals surface area contributed by atoms with Crippen LogP contribution in [-0.2, 0) is 18.2 Å². The lowest BCUT2D eigenvalue weighted by Crippen LogP contribution is -2.07. The van der Waals surface area contributed by atoms with Gasteiger partial charge in [-0.3, -0.25) is 9.13 Å². The van der Waals surface area contributed by atoms with Crippen LogP contribution < -0.4 is 0 Å². The molecule has 0 aliphatic carbocycles. The molecule has 2 N–H and O–H groups in total. The molecule has 0 aromatic heterocycles. The molecule has 0 bridgehead atoms. The Bertz CT molecular complexity index is 259. The van der Waals surface area contributed by atoms with Gasteiger partial charge in [0.2, 0.25) is 0 Å². The first-order valence-corrected chi connectivity index (χ1v) is 8.07. The molecular weight excluding hydrogens is 242 g/mol. The minimum absolute atomic E-state index is 0.486. The van der Waals surface area contributed by atoms with E-state index in [1.165, 1.54) is 0 Å². The van der Waals surface area contributed by atoms with Crippen LogP contribution in [0.25, 0.3) is 0 Å². The van der Waals surface area contributed by atoms with Crippen molar-refractivity contribution < 1.29 is 28.0 Å². The van der Waals surface area contributed by atoms with E-state index < -0.39 is 33.3 Å². The highest BCUT2D eigenvalue weighted by atomic mass is 31.2. The molecule has 0 saturated heterocycles. The lowest BCUT2D eigenvalue weighted by molar-refractivity contribution is 0.194. The average molecular weight is 260 g/mol. The van der Waals surface area contributed by atoms with Gasteiger partial charge in [0.1, 0.15) is 0 Å². The van der Waals surface area contributed by atoms with Gasteiger partial charge in [-0.1, -0.05) is 0 Å². The Labute approximate surface area is 89.7 Å². The first-order valence-electron chi connectivity index (χ1n) is 4.54. The fourth-order valence-electron chi connectivity index (χ4n) is 0.951. The van der Waals surface area contributed by atoms with Crippen molar-refractivity contribution in [2.75, 3.05) is 5.90 Å². The Morgan fingerprint density at radius 1 is 0.933 bits per heavy atom. The maximum atomic E-state index is 11.3. The minimum atomic E-state index is -4.06. The van der Waals surface area contributed by atoms with E-state index in [0.29, 0.717) is 0 Å². The third-order valence-corrected chi connectivity index (χ3v) is 5.47. The van der Waals surface area contributed by atoms with Gasteiger partial charge < -0.3 is 18.8 Å². The maximum Gasteiger partial charge on any atom is 0.340 e. The highest BCUT2D eigenvalue weighted by Gasteiger charge is 2.34. The molecule has 15 heavy (non-hydrogen) atoms. The molecule has 8 heteroatoms. The number of hydrogen-bond acceptors (Lipinski definition) is 4. The molecule has 0 amide bonds. The van der Waals surface area contributed by atoms with Crippen LogP contribution >= 0.6 is 15.2 Å². The fourth-order valence-corrected chi connectivity index (χ4v) is 4.61. The monoisotopic (exact) mass is 260 g/mol. The summed E-state index contributed by atoms with van der Waals surface area (Å²) in [7, 11) is -8.13. The second kappa shape index (κ2) is 5.58. The van der Waals surface area contributed by atoms with Crippen LogP contribution in [0.1, 0.15) is 27.7 Å². The molecule has 0 heterocycles. The van der Waals surface area contributed by atoms with E-state index in [2.05, 4.69) is 9.05 Å². The number of rotatable bonds is 6. The lowest BCUT2D eigenvalue weighted by Gasteiger charge is -2.19. The van der Waals surface area contributed by atoms with E-state index in [-0.39, 0.29) is 0 Å². The zero-order valence-corrected chi connectivity index (χ0v) is 11.1. The van der Waals surface area contributed by atoms with Gasteiger partial charge >= 0.3 is 15.2 Å². The molecule has 0 aromatic rings. The topological polar surface area (TPSA) is 93.1 Å². The van der Waals surface area contributed by atoms with Gasteiger partial charge in [-0.2, -0.15) is 0 Å². The summed E-state index contributed by atoms with van der Waals surface area (Å²) in [4.78, 5) is 18.5. The predicted molar refractivity (Wildman–Crippen MR) is 57.0 cm³/mol. The maximum absolute atomic E-state index is 11.3. The van der Waals surface area contributed by atoms with Gasteiger partial charge in [0.15, 0.2) is 5.90 Å². The third kappa shape index (κ3) is 8.14. The summed E-state index contributed by atoms with van der Waals surface area (Å²) in [6, 6.07) is 0. The Hall–Kier alpha value is 0.300. The van der Waals surface area contributed by atoms with Crippen molar-refractivity contribution in [3.63, 3.8) is 0 Å². The van der Waals surface area contributed by atoms with Crippen molar-refractivity contribution in [2.24, 2.45) is 0 Å². The summed E-state index contributed by atoms with van der Waals surface area (Å²) >= 11 is 0. The molecule has 0 fully saturated rings. The second-order valence-corrected chi connectivity index (χ2v) is 7.83. The van der Waals surface area contributed by atoms with Crippen molar-refractivity contribution in [3.8, 4) is 0 Å². The third-order valence-electron chi connectivity index (χ3n) is 1.11. The number of hydrogen-bond donors (Lipinski definition) is 2. The van der Waals surface area contributed by atoms with Crippen molar-refractivity contribution in [2.45, 2.75) is 39.9 Å². The Balaban J connectivity index is 4.44. The molecule has 0 aliphatic heterocycles. The normalized spacial score (nSPS) is 20.3. The van der Waals surface area contributed by atoms with Crippen molar-refractivity contribution >= 4 is 15.2 Å². The molecule has 0 aliphatic rings. The Morgan fingerprint density at radius 2 is 1.20 bits per heavy atom. The largest absolute Gasteiger partial charge is 0.340 e. The minimum Gasteiger partial charge on any atom is -0.324 e. The SMILES string of the molecule is CC(C)OP(=O)(O)CP(=O)(O)OC(C)C. The van der Waals surface area contributed by atoms with Gasteiger partial charge in [-0.05, 0) is 27.7 Å². The molecule has 2 unspecified atom stereocenters. The van der Waals surface area contributed by atoms with Crippen LogP contribution in [0.5, 0.6) is 0 Å². The molecule has 92 valence electrons. The Kier molecular flexibility index (Phi) is 5.69. The smallest absolute Gasteiger partial charge is 0.324 e. The van der Waals surface area contributed by atoms with Crippen LogP contribution in [0.4, 0.5) is 0 Å². The van der Waals surface area contributed by atoms with Gasteiger partial charge in [-0.25, -0.2) is 0 Å². The highest BCUT2D eigenvalue weighted by Crippen LogP contribution is 2.59. The second-order valence-electron chi connectivity index (χ2n) is 3.72. The first-order chi connectivity index (χ1) is 6.54. The summed E-state index contributed by atoms with van der Waals surface area (Å²) in [5.74, 6) is -0.879. The van der Waals surface area contributed by atoms with E-state index in [9.17, 15) is 18.9 Å². The molecule has 0 rings (SSSR count). The van der Waals surface area contributed by atoms with Crippen LogP contribution in [0.2, 0.25) is 0 Å². The molecule has 0 saturated carbocycles. The zero-order chi connectivity index (χ0) is 12.3. The first kappa shape index (κ1) is 15.3. The summed E-state index contributed by atoms with van der Waals surface area (Å²) in [6.45, 7) is 6.26. The summed E-state index contributed by atoms with van der Waals surface area (Å²) < 4.78 is 32.0. The van der Waals surface area contributed by atoms with Crippen molar-refractivity contribution in [3.05, 3.63) is 0 Å². The van der Waals surface area contributed by atoms with Gasteiger partial charge in [0.05, 0.1) is 12.2 Å². The fraction of sp³-hybridized carbons (Fsp3) is 1.00. The molecule has 6 nitrogen and oxygen atoms in total. The van der Waals surface area contributed by atoms with E-state index in [1.54, 1.807) is 27.7 Å². The van der Waals surface area contributed by atoms with E-state index >= 15 is 0 Å². The van der Waals surface area contributed by atoms with Gasteiger partial charge in [-0.15, -0.1) is 0 Å². The lowest BCUT2D eigenvalue weighted by atomic mass is 10.5. The van der Waals surface area contributed by atoms with E-state index in [0.717, 1.165) is 0 Å². The molecule has 2 atom stereocenters. The van der Waals surface area contributed by atoms with E-state index in [1.807, 2.05) is 0 Å². The highest BCUT2D eigenvalue weighted by molar-refractivity contribution is 7.70. The molecule has 0 aromatic carbocycles. The van der Waals surface area contributed by atoms with E-state index in [4.69, 9.17) is 0 Å². The average Bonchev–Trinajstić information content (AvgIpc) is 1.73. The van der Waals surface area contributed by atoms with Gasteiger partial charge in [0.25, 0.3) is 0 Å². The summed E-state index contributed by atoms with van der Waals surface area (Å²) in [5.41, 5.74) is 0. The van der Waals surface area contributed by atoms with Crippen LogP contribution in [-0.4, -0.2) is 27.9 Å². The van der Waals surface area contributed by atoms with Gasteiger partial charge in [0, 0.05) is 0 Å². The molecule has 0 radical (unpaired) electrons. The van der Waals surface area contributed by atoms with Crippen molar-refractivity contribution in [1.82, 2.24) is 0 Å². The van der Waals surface area contributed by atoms with Crippen LogP contribution in [0, 0.1) is 0 Å². The van der Waals surface area contributed by atoms with Crippen molar-refractivity contribution in [1.29, 1.82) is 0 Å². The van der Waals surface area contributed by atoms with Crippen LogP contribution in [0.15, 0.2) is 0 Å². The molecule has 0 spiro atoms. The standard InChI is InChI=1S/C7H18O6P2/c1-6(2)12-14(8,9)5-15(10,11)13-7(3)4/h6-7H,5H2,1-4H3,(H,8,9)(H,10,11). The quantitative estimate of drug-likeness (QED) is 0.711. The summed E-state index contributed by atoms with van der Waals surface area (Å²) in [6.07, 6.45) is -0.972. The molecular formula is C7H18O6P2.